The van der Waals surface area contributed by atoms with E-state index in [0.717, 1.165) is 77.0 Å². The number of hydrogen-bond acceptors (Lipinski definition) is 6. The number of unbranched alkanes of at least 4 members (excludes halogenated alkanes) is 25. The summed E-state index contributed by atoms with van der Waals surface area (Å²) >= 11 is 0. The van der Waals surface area contributed by atoms with Gasteiger partial charge in [0, 0.05) is 19.3 Å². The molecule has 0 aromatic rings. The summed E-state index contributed by atoms with van der Waals surface area (Å²) in [6.45, 7) is 6.53. The van der Waals surface area contributed by atoms with Gasteiger partial charge in [0.05, 0.1) is 0 Å². The molecule has 0 amide bonds. The van der Waals surface area contributed by atoms with Gasteiger partial charge in [0.2, 0.25) is 0 Å². The van der Waals surface area contributed by atoms with E-state index in [1.165, 1.54) is 141 Å². The van der Waals surface area contributed by atoms with Crippen LogP contribution < -0.4 is 0 Å². The first-order chi connectivity index (χ1) is 33.0. The number of carbonyl (C=O) groups excluding carboxylic acids is 3. The highest BCUT2D eigenvalue weighted by Crippen LogP contribution is 2.14. The van der Waals surface area contributed by atoms with Gasteiger partial charge in [0.25, 0.3) is 0 Å². The van der Waals surface area contributed by atoms with Gasteiger partial charge in [-0.05, 0) is 109 Å². The van der Waals surface area contributed by atoms with Crippen LogP contribution in [-0.2, 0) is 28.6 Å². The van der Waals surface area contributed by atoms with E-state index >= 15 is 0 Å². The molecule has 0 radical (unpaired) electrons. The van der Waals surface area contributed by atoms with Crippen LogP contribution in [0.3, 0.4) is 0 Å². The molecule has 0 aromatic carbocycles. The molecule has 1 atom stereocenters. The Balaban J connectivity index is 4.51. The Morgan fingerprint density at radius 2 is 0.567 bits per heavy atom. The van der Waals surface area contributed by atoms with Crippen LogP contribution in [0.1, 0.15) is 265 Å². The largest absolute Gasteiger partial charge is 0.462 e. The second-order valence-corrected chi connectivity index (χ2v) is 18.5. The van der Waals surface area contributed by atoms with Crippen molar-refractivity contribution in [3.8, 4) is 0 Å². The molecular formula is C61H104O6. The van der Waals surface area contributed by atoms with E-state index in [4.69, 9.17) is 14.2 Å². The summed E-state index contributed by atoms with van der Waals surface area (Å²) in [5.41, 5.74) is 0. The summed E-state index contributed by atoms with van der Waals surface area (Å²) in [6, 6.07) is 0. The second kappa shape index (κ2) is 55.2. The minimum Gasteiger partial charge on any atom is -0.462 e. The molecule has 0 aliphatic heterocycles. The number of rotatable bonds is 50. The monoisotopic (exact) mass is 933 g/mol. The van der Waals surface area contributed by atoms with Gasteiger partial charge in [-0.15, -0.1) is 0 Å². The lowest BCUT2D eigenvalue weighted by atomic mass is 10.1. The van der Waals surface area contributed by atoms with Gasteiger partial charge in [-0.1, -0.05) is 221 Å². The Kier molecular flexibility index (Phi) is 52.4. The molecule has 6 heteroatoms. The Hall–Kier alpha value is -3.41. The van der Waals surface area contributed by atoms with Crippen molar-refractivity contribution >= 4 is 17.9 Å². The maximum absolute atomic E-state index is 12.8. The highest BCUT2D eigenvalue weighted by atomic mass is 16.6. The zero-order valence-electron chi connectivity index (χ0n) is 43.9. The predicted octanol–water partition coefficient (Wildman–Crippen LogP) is 18.8. The molecule has 0 bridgehead atoms. The molecule has 0 saturated heterocycles. The average molecular weight is 933 g/mol. The van der Waals surface area contributed by atoms with Gasteiger partial charge in [-0.3, -0.25) is 14.4 Å². The Labute approximate surface area is 414 Å². The maximum atomic E-state index is 12.8. The van der Waals surface area contributed by atoms with Gasteiger partial charge in [-0.25, -0.2) is 0 Å². The minimum atomic E-state index is -0.821. The number of esters is 3. The van der Waals surface area contributed by atoms with Crippen LogP contribution in [0.4, 0.5) is 0 Å². The average Bonchev–Trinajstić information content (AvgIpc) is 3.33. The first-order valence-corrected chi connectivity index (χ1v) is 28.1. The minimum absolute atomic E-state index is 0.111. The van der Waals surface area contributed by atoms with Crippen LogP contribution in [0.5, 0.6) is 0 Å². The van der Waals surface area contributed by atoms with Crippen LogP contribution in [0.15, 0.2) is 85.1 Å². The van der Waals surface area contributed by atoms with Gasteiger partial charge >= 0.3 is 17.9 Å². The van der Waals surface area contributed by atoms with Crippen molar-refractivity contribution in [2.45, 2.75) is 271 Å². The molecule has 0 spiro atoms. The van der Waals surface area contributed by atoms with Crippen molar-refractivity contribution in [3.05, 3.63) is 85.1 Å². The smallest absolute Gasteiger partial charge is 0.306 e. The lowest BCUT2D eigenvalue weighted by molar-refractivity contribution is -0.166. The first kappa shape index (κ1) is 63.6. The van der Waals surface area contributed by atoms with E-state index in [0.29, 0.717) is 19.3 Å². The highest BCUT2D eigenvalue weighted by Gasteiger charge is 2.19. The first-order valence-electron chi connectivity index (χ1n) is 28.1. The molecule has 0 fully saturated rings. The topological polar surface area (TPSA) is 78.9 Å². The SMILES string of the molecule is CCCCC/C=C\C/C=C\C/C=C\C/C=C\C/C=C\CCC(=O)O[C@@H](COC(=O)CCCCCCC/C=C\CCCCCC)COC(=O)CCCCCCCCC/C=C\CCCCCCCC. The predicted molar refractivity (Wildman–Crippen MR) is 288 cm³/mol. The van der Waals surface area contributed by atoms with Gasteiger partial charge in [0.1, 0.15) is 13.2 Å². The lowest BCUT2D eigenvalue weighted by Gasteiger charge is -2.18. The van der Waals surface area contributed by atoms with E-state index in [2.05, 4.69) is 99.8 Å². The molecule has 6 nitrogen and oxygen atoms in total. The fourth-order valence-electron chi connectivity index (χ4n) is 7.59. The number of ether oxygens (including phenoxy) is 3. The van der Waals surface area contributed by atoms with Crippen molar-refractivity contribution in [1.82, 2.24) is 0 Å². The van der Waals surface area contributed by atoms with Crippen molar-refractivity contribution in [2.75, 3.05) is 13.2 Å². The van der Waals surface area contributed by atoms with E-state index in [9.17, 15) is 14.4 Å². The van der Waals surface area contributed by atoms with E-state index in [-0.39, 0.29) is 31.6 Å². The molecule has 0 aliphatic rings. The summed E-state index contributed by atoms with van der Waals surface area (Å²) in [5, 5.41) is 0. The van der Waals surface area contributed by atoms with E-state index < -0.39 is 12.1 Å². The van der Waals surface area contributed by atoms with Crippen LogP contribution in [0.2, 0.25) is 0 Å². The molecule has 0 unspecified atom stereocenters. The number of carbonyl (C=O) groups is 3. The third-order valence-corrected chi connectivity index (χ3v) is 11.9. The summed E-state index contributed by atoms with van der Waals surface area (Å²) in [4.78, 5) is 38.1. The fourth-order valence-corrected chi connectivity index (χ4v) is 7.59. The molecule has 0 rings (SSSR count). The Bertz CT molecular complexity index is 1300. The fraction of sp³-hybridized carbons (Fsp3) is 0.721. The Morgan fingerprint density at radius 3 is 0.955 bits per heavy atom. The summed E-state index contributed by atoms with van der Waals surface area (Å²) in [5.74, 6) is -1.00. The molecule has 0 saturated carbocycles. The zero-order chi connectivity index (χ0) is 48.6. The van der Waals surface area contributed by atoms with E-state index in [1.54, 1.807) is 0 Å². The third kappa shape index (κ3) is 53.4. The maximum Gasteiger partial charge on any atom is 0.306 e. The standard InChI is InChI=1S/C61H104O6/c1-4-7-10-13-16-19-22-25-27-29-30-32-34-37-40-43-46-49-52-55-61(64)67-58(56-65-59(62)53-50-47-44-41-38-35-24-21-18-15-12-9-6-3)57-66-60(63)54-51-48-45-42-39-36-33-31-28-26-23-20-17-14-11-8-5-2/h16,19,21,24-28,30,32,37,40,46,49,58H,4-15,17-18,20,22-23,29,31,33-36,38-39,41-45,47-48,50-57H2,1-3H3/b19-16-,24-21-,27-25-,28-26-,32-30-,40-37-,49-46-/t58-/m0/s1. The van der Waals surface area contributed by atoms with Crippen molar-refractivity contribution in [2.24, 2.45) is 0 Å². The third-order valence-electron chi connectivity index (χ3n) is 11.9. The van der Waals surface area contributed by atoms with Gasteiger partial charge < -0.3 is 14.2 Å². The molecule has 384 valence electrons. The molecule has 0 heterocycles. The number of allylic oxidation sites excluding steroid dienone is 14. The van der Waals surface area contributed by atoms with E-state index in [1.807, 2.05) is 6.08 Å². The van der Waals surface area contributed by atoms with Crippen molar-refractivity contribution < 1.29 is 28.6 Å². The van der Waals surface area contributed by atoms with Crippen molar-refractivity contribution in [1.29, 1.82) is 0 Å². The molecule has 0 aromatic heterocycles. The molecular weight excluding hydrogens is 829 g/mol. The molecule has 0 N–H and O–H groups in total. The number of hydrogen-bond donors (Lipinski definition) is 0. The van der Waals surface area contributed by atoms with Gasteiger partial charge in [-0.2, -0.15) is 0 Å². The van der Waals surface area contributed by atoms with Crippen LogP contribution >= 0.6 is 0 Å². The van der Waals surface area contributed by atoms with Crippen molar-refractivity contribution in [3.63, 3.8) is 0 Å². The highest BCUT2D eigenvalue weighted by molar-refractivity contribution is 5.71. The summed E-state index contributed by atoms with van der Waals surface area (Å²) in [7, 11) is 0. The quantitative estimate of drug-likeness (QED) is 0.0262. The summed E-state index contributed by atoms with van der Waals surface area (Å²) < 4.78 is 16.8. The zero-order valence-corrected chi connectivity index (χ0v) is 43.9. The second-order valence-electron chi connectivity index (χ2n) is 18.5. The normalized spacial score (nSPS) is 12.7. The van der Waals surface area contributed by atoms with Crippen LogP contribution in [0.25, 0.3) is 0 Å². The van der Waals surface area contributed by atoms with Gasteiger partial charge in [0.15, 0.2) is 6.10 Å². The Morgan fingerprint density at radius 1 is 0.299 bits per heavy atom. The lowest BCUT2D eigenvalue weighted by Crippen LogP contribution is -2.30. The molecule has 67 heavy (non-hydrogen) atoms. The van der Waals surface area contributed by atoms with Crippen LogP contribution in [-0.4, -0.2) is 37.2 Å². The van der Waals surface area contributed by atoms with Crippen LogP contribution in [0, 0.1) is 0 Å². The summed E-state index contributed by atoms with van der Waals surface area (Å²) in [6.07, 6.45) is 71.5. The molecule has 0 aliphatic carbocycles.